The van der Waals surface area contributed by atoms with Gasteiger partial charge in [-0.05, 0) is 14.1 Å². The Hall–Kier alpha value is -1.67. The van der Waals surface area contributed by atoms with Crippen molar-refractivity contribution in [2.75, 3.05) is 32.5 Å². The topological polar surface area (TPSA) is 64.8 Å². The number of nitrogens with one attached hydrogen (secondary N) is 1. The molecule has 0 radical (unpaired) electrons. The minimum atomic E-state index is 0.382. The monoisotopic (exact) mass is 191 g/mol. The number of likely N-dealkylation sites (N-methyl/N-ethyl adjacent to an activating group) is 1. The van der Waals surface area contributed by atoms with Gasteiger partial charge in [0.05, 0.1) is 0 Å². The lowest BCUT2D eigenvalue weighted by molar-refractivity contribution is 0.425. The molecular weight excluding hydrogens is 178 g/mol. The molecule has 0 aliphatic rings. The Morgan fingerprint density at radius 1 is 1.50 bits per heavy atom. The molecule has 1 heterocycles. The van der Waals surface area contributed by atoms with Gasteiger partial charge in [-0.2, -0.15) is 5.26 Å². The maximum absolute atomic E-state index is 8.60. The normalized spacial score (nSPS) is 9.86. The highest BCUT2D eigenvalue weighted by Gasteiger charge is 1.96. The Kier molecular flexibility index (Phi) is 3.83. The summed E-state index contributed by atoms with van der Waals surface area (Å²) in [5.74, 6) is 0.693. The van der Waals surface area contributed by atoms with Crippen LogP contribution in [-0.2, 0) is 0 Å². The van der Waals surface area contributed by atoms with Gasteiger partial charge >= 0.3 is 0 Å². The summed E-state index contributed by atoms with van der Waals surface area (Å²) < 4.78 is 0. The highest BCUT2D eigenvalue weighted by molar-refractivity contribution is 5.38. The summed E-state index contributed by atoms with van der Waals surface area (Å²) in [4.78, 5) is 9.84. The quantitative estimate of drug-likeness (QED) is 0.742. The zero-order valence-corrected chi connectivity index (χ0v) is 8.36. The second kappa shape index (κ2) is 5.14. The van der Waals surface area contributed by atoms with Crippen molar-refractivity contribution in [3.8, 4) is 6.07 Å². The van der Waals surface area contributed by atoms with Crippen LogP contribution in [-0.4, -0.2) is 42.1 Å². The molecular formula is C9H13N5. The van der Waals surface area contributed by atoms with E-state index in [-0.39, 0.29) is 0 Å². The summed E-state index contributed by atoms with van der Waals surface area (Å²) in [6, 6.07) is 3.60. The summed E-state index contributed by atoms with van der Waals surface area (Å²) in [5, 5.41) is 11.7. The molecule has 0 aromatic carbocycles. The number of hydrogen-bond donors (Lipinski definition) is 1. The Balaban J connectivity index is 2.47. The van der Waals surface area contributed by atoms with E-state index in [2.05, 4.69) is 20.2 Å². The van der Waals surface area contributed by atoms with Gasteiger partial charge in [0.2, 0.25) is 0 Å². The number of nitrogens with zero attached hydrogens (tertiary/aromatic N) is 4. The first kappa shape index (κ1) is 10.4. The molecule has 1 rings (SSSR count). The number of aromatic nitrogens is 2. The van der Waals surface area contributed by atoms with Crippen LogP contribution in [0.15, 0.2) is 12.4 Å². The van der Waals surface area contributed by atoms with E-state index in [1.54, 1.807) is 6.07 Å². The molecule has 1 aromatic heterocycles. The van der Waals surface area contributed by atoms with E-state index in [1.807, 2.05) is 20.2 Å². The van der Waals surface area contributed by atoms with E-state index in [1.165, 1.54) is 6.33 Å². The van der Waals surface area contributed by atoms with Crippen LogP contribution in [0.5, 0.6) is 0 Å². The molecule has 0 unspecified atom stereocenters. The van der Waals surface area contributed by atoms with Gasteiger partial charge in [0.15, 0.2) is 0 Å². The maximum Gasteiger partial charge on any atom is 0.145 e. The lowest BCUT2D eigenvalue weighted by Gasteiger charge is -2.10. The fourth-order valence-corrected chi connectivity index (χ4v) is 0.923. The zero-order chi connectivity index (χ0) is 10.4. The Labute approximate surface area is 83.4 Å². The van der Waals surface area contributed by atoms with Gasteiger partial charge in [0.25, 0.3) is 0 Å². The van der Waals surface area contributed by atoms with Gasteiger partial charge in [-0.1, -0.05) is 0 Å². The molecule has 0 aliphatic heterocycles. The van der Waals surface area contributed by atoms with Crippen molar-refractivity contribution >= 4 is 5.82 Å². The lowest BCUT2D eigenvalue weighted by atomic mass is 10.4. The third-order valence-electron chi connectivity index (χ3n) is 1.65. The molecule has 0 saturated carbocycles. The Morgan fingerprint density at radius 3 is 2.93 bits per heavy atom. The third-order valence-corrected chi connectivity index (χ3v) is 1.65. The zero-order valence-electron chi connectivity index (χ0n) is 8.36. The highest BCUT2D eigenvalue weighted by atomic mass is 15.1. The van der Waals surface area contributed by atoms with Crippen LogP contribution >= 0.6 is 0 Å². The third kappa shape index (κ3) is 3.37. The van der Waals surface area contributed by atoms with Gasteiger partial charge in [-0.15, -0.1) is 0 Å². The summed E-state index contributed by atoms with van der Waals surface area (Å²) in [7, 11) is 4.00. The number of hydrogen-bond acceptors (Lipinski definition) is 5. The summed E-state index contributed by atoms with van der Waals surface area (Å²) >= 11 is 0. The van der Waals surface area contributed by atoms with Gasteiger partial charge in [0, 0.05) is 19.2 Å². The lowest BCUT2D eigenvalue weighted by Crippen LogP contribution is -2.21. The second-order valence-electron chi connectivity index (χ2n) is 3.13. The van der Waals surface area contributed by atoms with Crippen molar-refractivity contribution in [3.05, 3.63) is 18.1 Å². The molecule has 0 amide bonds. The summed E-state index contributed by atoms with van der Waals surface area (Å²) in [5.41, 5.74) is 0.382. The van der Waals surface area contributed by atoms with Crippen molar-refractivity contribution in [3.63, 3.8) is 0 Å². The van der Waals surface area contributed by atoms with Crippen LogP contribution in [0, 0.1) is 11.3 Å². The molecule has 0 bridgehead atoms. The fourth-order valence-electron chi connectivity index (χ4n) is 0.923. The van der Waals surface area contributed by atoms with E-state index in [0.717, 1.165) is 13.1 Å². The van der Waals surface area contributed by atoms with Crippen LogP contribution in [0.1, 0.15) is 5.69 Å². The minimum Gasteiger partial charge on any atom is -0.369 e. The SMILES string of the molecule is CN(C)CCNc1cc(C#N)ncn1. The van der Waals surface area contributed by atoms with E-state index in [0.29, 0.717) is 11.5 Å². The van der Waals surface area contributed by atoms with Crippen LogP contribution in [0.2, 0.25) is 0 Å². The molecule has 0 atom stereocenters. The van der Waals surface area contributed by atoms with E-state index < -0.39 is 0 Å². The van der Waals surface area contributed by atoms with Crippen molar-refractivity contribution in [2.45, 2.75) is 0 Å². The standard InChI is InChI=1S/C9H13N5/c1-14(2)4-3-11-9-5-8(6-10)12-7-13-9/h5,7H,3-4H2,1-2H3,(H,11,12,13). The maximum atomic E-state index is 8.60. The molecule has 5 heteroatoms. The molecule has 1 N–H and O–H groups in total. The molecule has 0 saturated heterocycles. The van der Waals surface area contributed by atoms with Crippen molar-refractivity contribution < 1.29 is 0 Å². The molecule has 0 spiro atoms. The Bertz CT molecular complexity index is 328. The number of nitriles is 1. The smallest absolute Gasteiger partial charge is 0.145 e. The number of rotatable bonds is 4. The van der Waals surface area contributed by atoms with Crippen LogP contribution < -0.4 is 5.32 Å². The number of anilines is 1. The Morgan fingerprint density at radius 2 is 2.29 bits per heavy atom. The fraction of sp³-hybridized carbons (Fsp3) is 0.444. The van der Waals surface area contributed by atoms with E-state index >= 15 is 0 Å². The predicted molar refractivity (Wildman–Crippen MR) is 53.8 cm³/mol. The average molecular weight is 191 g/mol. The van der Waals surface area contributed by atoms with Crippen LogP contribution in [0.4, 0.5) is 5.82 Å². The molecule has 0 aliphatic carbocycles. The molecule has 0 fully saturated rings. The van der Waals surface area contributed by atoms with E-state index in [4.69, 9.17) is 5.26 Å². The van der Waals surface area contributed by atoms with Crippen molar-refractivity contribution in [1.29, 1.82) is 5.26 Å². The predicted octanol–water partition coefficient (Wildman–Crippen LogP) is 0.322. The molecule has 1 aromatic rings. The molecule has 14 heavy (non-hydrogen) atoms. The summed E-state index contributed by atoms with van der Waals surface area (Å²) in [6.45, 7) is 1.72. The first-order valence-corrected chi connectivity index (χ1v) is 4.33. The van der Waals surface area contributed by atoms with Crippen molar-refractivity contribution in [1.82, 2.24) is 14.9 Å². The minimum absolute atomic E-state index is 0.382. The molecule has 74 valence electrons. The highest BCUT2D eigenvalue weighted by Crippen LogP contribution is 2.01. The first-order valence-electron chi connectivity index (χ1n) is 4.33. The summed E-state index contributed by atoms with van der Waals surface area (Å²) in [6.07, 6.45) is 1.39. The second-order valence-corrected chi connectivity index (χ2v) is 3.13. The molecule has 5 nitrogen and oxygen atoms in total. The van der Waals surface area contributed by atoms with Crippen LogP contribution in [0.25, 0.3) is 0 Å². The van der Waals surface area contributed by atoms with Gasteiger partial charge in [0.1, 0.15) is 23.9 Å². The van der Waals surface area contributed by atoms with Gasteiger partial charge in [-0.25, -0.2) is 9.97 Å². The van der Waals surface area contributed by atoms with Gasteiger partial charge < -0.3 is 10.2 Å². The largest absolute Gasteiger partial charge is 0.369 e. The van der Waals surface area contributed by atoms with Gasteiger partial charge in [-0.3, -0.25) is 0 Å². The van der Waals surface area contributed by atoms with Crippen LogP contribution in [0.3, 0.4) is 0 Å². The average Bonchev–Trinajstić information content (AvgIpc) is 2.18. The van der Waals surface area contributed by atoms with Crippen molar-refractivity contribution in [2.24, 2.45) is 0 Å². The first-order chi connectivity index (χ1) is 6.72. The van der Waals surface area contributed by atoms with E-state index in [9.17, 15) is 0 Å².